The highest BCUT2D eigenvalue weighted by molar-refractivity contribution is 7.89. The Morgan fingerprint density at radius 2 is 1.53 bits per heavy atom. The molecule has 22 heteroatoms. The summed E-state index contributed by atoms with van der Waals surface area (Å²) < 4.78 is 47.1. The molecular formula is C29H40N4O17S. The maximum Gasteiger partial charge on any atom is 0.410 e. The van der Waals surface area contributed by atoms with Gasteiger partial charge in [-0.05, 0) is 50.1 Å². The van der Waals surface area contributed by atoms with Gasteiger partial charge in [0.25, 0.3) is 17.3 Å². The summed E-state index contributed by atoms with van der Waals surface area (Å²) in [7, 11) is -4.52. The van der Waals surface area contributed by atoms with Crippen molar-refractivity contribution in [3.8, 4) is 0 Å². The highest BCUT2D eigenvalue weighted by Crippen LogP contribution is 2.61. The standard InChI is InChI=1S/C29H40N4O17S/c1-16(34)47-21(14-33(15-23(2,3)36)51(45,46)19-11-9-18(30)10-12-19)20(13-17-7-5-4-6-8-17)32-22(35)48-26(40)24(37)25(38,39)27(31,41)49-29(24,44)50-28(26,42)43/h4-12,20-21,36-44H,13-15,30-31H2,1-3H3,(H,32,35). The van der Waals surface area contributed by atoms with Crippen LogP contribution in [0.25, 0.3) is 0 Å². The number of benzene rings is 2. The molecule has 0 saturated carbocycles. The monoisotopic (exact) mass is 748 g/mol. The van der Waals surface area contributed by atoms with Crippen LogP contribution in [0.3, 0.4) is 0 Å². The Morgan fingerprint density at radius 3 is 2.06 bits per heavy atom. The number of nitrogens with zero attached hydrogens (tertiary/aromatic N) is 1. The van der Waals surface area contributed by atoms with Crippen molar-refractivity contribution < 1.29 is 82.9 Å². The number of carbonyl (C=O) groups is 2. The Balaban J connectivity index is 1.76. The van der Waals surface area contributed by atoms with Crippen molar-refractivity contribution in [2.45, 2.75) is 84.9 Å². The van der Waals surface area contributed by atoms with E-state index in [9.17, 15) is 64.0 Å². The molecule has 51 heavy (non-hydrogen) atoms. The molecule has 0 aliphatic carbocycles. The first-order valence-electron chi connectivity index (χ1n) is 14.9. The van der Waals surface area contributed by atoms with E-state index in [-0.39, 0.29) is 17.0 Å². The first kappa shape index (κ1) is 40.2. The maximum atomic E-state index is 13.9. The zero-order valence-corrected chi connectivity index (χ0v) is 28.1. The van der Waals surface area contributed by atoms with Crippen LogP contribution in [0.15, 0.2) is 59.5 Å². The van der Waals surface area contributed by atoms with Crippen molar-refractivity contribution >= 4 is 27.8 Å². The number of rotatable bonds is 12. The van der Waals surface area contributed by atoms with Crippen LogP contribution >= 0.6 is 0 Å². The van der Waals surface area contributed by atoms with E-state index in [0.717, 1.165) is 11.2 Å². The normalized spacial score (nSPS) is 29.6. The molecule has 21 nitrogen and oxygen atoms in total. The van der Waals surface area contributed by atoms with E-state index in [1.807, 2.05) is 0 Å². The first-order chi connectivity index (χ1) is 23.1. The average molecular weight is 749 g/mol. The molecule has 0 bridgehead atoms. The largest absolute Gasteiger partial charge is 0.459 e. The van der Waals surface area contributed by atoms with E-state index < -0.39 is 88.0 Å². The van der Waals surface area contributed by atoms with Gasteiger partial charge in [0, 0.05) is 19.2 Å². The number of ether oxygens (including phenoxy) is 4. The molecule has 2 aromatic carbocycles. The van der Waals surface area contributed by atoms with Crippen LogP contribution < -0.4 is 16.8 Å². The average Bonchev–Trinajstić information content (AvgIpc) is 3.16. The molecule has 2 fully saturated rings. The smallest absolute Gasteiger partial charge is 0.410 e. The lowest BCUT2D eigenvalue weighted by Gasteiger charge is -2.43. The molecule has 1 amide bonds. The van der Waals surface area contributed by atoms with Crippen molar-refractivity contribution in [2.24, 2.45) is 5.73 Å². The predicted octanol–water partition coefficient (Wildman–Crippen LogP) is -4.65. The molecule has 2 aliphatic rings. The van der Waals surface area contributed by atoms with E-state index in [0.29, 0.717) is 5.56 Å². The number of nitrogens with one attached hydrogen (secondary N) is 1. The summed E-state index contributed by atoms with van der Waals surface area (Å²) in [5.74, 6) is -22.6. The highest BCUT2D eigenvalue weighted by atomic mass is 32.2. The number of alkyl carbamates (subject to hydrolysis) is 1. The zero-order chi connectivity index (χ0) is 38.6. The summed E-state index contributed by atoms with van der Waals surface area (Å²) in [4.78, 5) is 25.6. The van der Waals surface area contributed by atoms with Crippen LogP contribution in [0.4, 0.5) is 10.5 Å². The molecule has 4 rings (SSSR count). The minimum Gasteiger partial charge on any atom is -0.459 e. The van der Waals surface area contributed by atoms with Crippen molar-refractivity contribution in [1.29, 1.82) is 0 Å². The number of esters is 1. The Labute approximate surface area is 289 Å². The second-order valence-corrected chi connectivity index (χ2v) is 14.7. The number of amides is 1. The lowest BCUT2D eigenvalue weighted by Crippen LogP contribution is -2.79. The molecule has 2 heterocycles. The molecule has 284 valence electrons. The molecule has 2 saturated heterocycles. The van der Waals surface area contributed by atoms with E-state index in [1.165, 1.54) is 38.1 Å². The molecular weight excluding hydrogens is 708 g/mol. The van der Waals surface area contributed by atoms with Crippen molar-refractivity contribution in [3.05, 3.63) is 60.2 Å². The molecule has 0 aromatic heterocycles. The van der Waals surface area contributed by atoms with Gasteiger partial charge in [-0.15, -0.1) is 0 Å². The van der Waals surface area contributed by atoms with Crippen LogP contribution in [0.5, 0.6) is 0 Å². The van der Waals surface area contributed by atoms with Gasteiger partial charge in [0.05, 0.1) is 23.1 Å². The third kappa shape index (κ3) is 7.12. The lowest BCUT2D eigenvalue weighted by molar-refractivity contribution is -0.501. The topological polar surface area (TPSA) is 355 Å². The van der Waals surface area contributed by atoms with Gasteiger partial charge in [0.15, 0.2) is 0 Å². The number of nitrogen functional groups attached to an aromatic ring is 1. The van der Waals surface area contributed by atoms with E-state index in [4.69, 9.17) is 16.2 Å². The van der Waals surface area contributed by atoms with Crippen LogP contribution in [0.1, 0.15) is 26.3 Å². The number of anilines is 1. The van der Waals surface area contributed by atoms with Gasteiger partial charge in [0.2, 0.25) is 10.0 Å². The number of nitrogens with two attached hydrogens (primary N) is 2. The SMILES string of the molecule is CC(=O)OC(CN(CC(C)(C)O)S(=O)(=O)c1ccc(N)cc1)C(Cc1ccccc1)NC(=O)OC1(O)C(O)(O)OC2(O)OC(N)(O)C(O)(O)C21O. The summed E-state index contributed by atoms with van der Waals surface area (Å²) >= 11 is 0. The molecule has 2 aliphatic heterocycles. The second kappa shape index (κ2) is 13.1. The Morgan fingerprint density at radius 1 is 0.961 bits per heavy atom. The number of hydrogen-bond acceptors (Lipinski definition) is 19. The number of fused-ring (bicyclic) bond motifs is 1. The summed E-state index contributed by atoms with van der Waals surface area (Å²) in [5, 5.41) is 97.5. The van der Waals surface area contributed by atoms with Crippen molar-refractivity contribution in [1.82, 2.24) is 9.62 Å². The van der Waals surface area contributed by atoms with Crippen molar-refractivity contribution in [2.75, 3.05) is 18.8 Å². The Kier molecular flexibility index (Phi) is 10.3. The van der Waals surface area contributed by atoms with Gasteiger partial charge in [-0.3, -0.25) is 20.0 Å². The van der Waals surface area contributed by atoms with Gasteiger partial charge in [-0.1, -0.05) is 30.3 Å². The lowest BCUT2D eigenvalue weighted by atomic mass is 9.82. The minimum absolute atomic E-state index is 0.235. The summed E-state index contributed by atoms with van der Waals surface area (Å²) in [5.41, 5.74) is 5.30. The molecule has 0 spiro atoms. The van der Waals surface area contributed by atoms with E-state index in [2.05, 4.69) is 19.5 Å². The summed E-state index contributed by atoms with van der Waals surface area (Å²) in [6.45, 7) is 2.16. The first-order valence-corrected chi connectivity index (χ1v) is 16.3. The molecule has 14 N–H and O–H groups in total. The fourth-order valence-corrected chi connectivity index (χ4v) is 7.21. The van der Waals surface area contributed by atoms with Crippen LogP contribution in [0.2, 0.25) is 0 Å². The predicted molar refractivity (Wildman–Crippen MR) is 166 cm³/mol. The summed E-state index contributed by atoms with van der Waals surface area (Å²) in [6.07, 6.45) is -4.01. The highest BCUT2D eigenvalue weighted by Gasteiger charge is 2.98. The Hall–Kier alpha value is -3.59. The van der Waals surface area contributed by atoms with Gasteiger partial charge in [-0.2, -0.15) is 4.31 Å². The molecule has 0 radical (unpaired) electrons. The van der Waals surface area contributed by atoms with Crippen LogP contribution in [0, 0.1) is 0 Å². The van der Waals surface area contributed by atoms with E-state index >= 15 is 0 Å². The third-order valence-electron chi connectivity index (χ3n) is 8.04. The van der Waals surface area contributed by atoms with Crippen molar-refractivity contribution in [3.63, 3.8) is 0 Å². The Bertz CT molecular complexity index is 1720. The van der Waals surface area contributed by atoms with E-state index in [1.54, 1.807) is 30.3 Å². The molecule has 6 atom stereocenters. The fraction of sp³-hybridized carbons (Fsp3) is 0.517. The maximum absolute atomic E-state index is 13.9. The quantitative estimate of drug-likeness (QED) is 0.0551. The van der Waals surface area contributed by atoms with Gasteiger partial charge in [-0.25, -0.2) is 13.2 Å². The minimum atomic E-state index is -4.58. The van der Waals surface area contributed by atoms with Crippen LogP contribution in [-0.2, 0) is 40.2 Å². The molecule has 6 unspecified atom stereocenters. The number of hydrogen-bond donors (Lipinski definition) is 12. The van der Waals surface area contributed by atoms with Gasteiger partial charge < -0.3 is 66.5 Å². The number of aliphatic hydroxyl groups is 9. The summed E-state index contributed by atoms with van der Waals surface area (Å²) in [6, 6.07) is 11.3. The number of sulfonamides is 1. The third-order valence-corrected chi connectivity index (χ3v) is 9.87. The zero-order valence-electron chi connectivity index (χ0n) is 27.3. The van der Waals surface area contributed by atoms with Crippen LogP contribution in [-0.4, -0.2) is 137 Å². The fourth-order valence-electron chi connectivity index (χ4n) is 5.61. The van der Waals surface area contributed by atoms with Gasteiger partial charge >= 0.3 is 29.8 Å². The molecule has 2 aromatic rings. The number of carbonyl (C=O) groups excluding carboxylic acids is 2. The second-order valence-electron chi connectivity index (χ2n) is 12.8. The van der Waals surface area contributed by atoms with Gasteiger partial charge in [0.1, 0.15) is 6.10 Å².